The van der Waals surface area contributed by atoms with Crippen LogP contribution in [0.3, 0.4) is 0 Å². The maximum absolute atomic E-state index is 11.5. The van der Waals surface area contributed by atoms with Gasteiger partial charge in [0, 0.05) is 18.8 Å². The van der Waals surface area contributed by atoms with Crippen LogP contribution in [0.2, 0.25) is 0 Å². The van der Waals surface area contributed by atoms with Gasteiger partial charge in [-0.05, 0) is 37.5 Å². The molecule has 0 bridgehead atoms. The number of hydrogen-bond acceptors (Lipinski definition) is 7. The summed E-state index contributed by atoms with van der Waals surface area (Å²) < 4.78 is 0. The Kier molecular flexibility index (Phi) is 4.97. The largest absolute Gasteiger partial charge is 0.378 e. The average molecular weight is 342 g/mol. The lowest BCUT2D eigenvalue weighted by atomic mass is 10.2. The van der Waals surface area contributed by atoms with Crippen LogP contribution < -0.4 is 16.0 Å². The van der Waals surface area contributed by atoms with E-state index in [-0.39, 0.29) is 17.5 Å². The zero-order valence-corrected chi connectivity index (χ0v) is 14.2. The van der Waals surface area contributed by atoms with E-state index in [9.17, 15) is 10.1 Å². The third-order valence-corrected chi connectivity index (χ3v) is 4.25. The Morgan fingerprint density at radius 2 is 1.92 bits per heavy atom. The fourth-order valence-corrected chi connectivity index (χ4v) is 3.05. The molecule has 0 unspecified atom stereocenters. The molecule has 0 saturated carbocycles. The Bertz CT molecular complexity index is 772. The van der Waals surface area contributed by atoms with Crippen LogP contribution in [0, 0.1) is 17.0 Å². The van der Waals surface area contributed by atoms with Gasteiger partial charge in [0.15, 0.2) is 0 Å². The molecular formula is C17H22N6O2. The number of aryl methyl sites for hydroxylation is 1. The molecule has 3 rings (SSSR count). The van der Waals surface area contributed by atoms with Crippen molar-refractivity contribution in [1.29, 1.82) is 0 Å². The van der Waals surface area contributed by atoms with E-state index in [0.29, 0.717) is 5.82 Å². The molecule has 0 spiro atoms. The van der Waals surface area contributed by atoms with Gasteiger partial charge in [0.05, 0.1) is 4.92 Å². The number of nitro groups is 1. The summed E-state index contributed by atoms with van der Waals surface area (Å²) in [7, 11) is 0. The fraction of sp³-hybridized carbons (Fsp3) is 0.412. The van der Waals surface area contributed by atoms with Crippen LogP contribution in [0.25, 0.3) is 0 Å². The normalized spacial score (nSPS) is 14.8. The predicted molar refractivity (Wildman–Crippen MR) is 98.2 cm³/mol. The monoisotopic (exact) mass is 342 g/mol. The lowest BCUT2D eigenvalue weighted by Gasteiger charge is -2.22. The minimum Gasteiger partial charge on any atom is -0.378 e. The van der Waals surface area contributed by atoms with Gasteiger partial charge in [0.25, 0.3) is 0 Å². The number of rotatable bonds is 4. The SMILES string of the molecule is Cc1cccc(Nc2nc(N)c([N+](=O)[O-])c(N3CCCCCC3)n2)c1. The summed E-state index contributed by atoms with van der Waals surface area (Å²) in [6.45, 7) is 3.46. The number of nitrogens with two attached hydrogens (primary N) is 1. The second kappa shape index (κ2) is 7.33. The second-order valence-electron chi connectivity index (χ2n) is 6.26. The van der Waals surface area contributed by atoms with E-state index in [2.05, 4.69) is 15.3 Å². The number of benzene rings is 1. The van der Waals surface area contributed by atoms with Crippen molar-refractivity contribution in [3.63, 3.8) is 0 Å². The van der Waals surface area contributed by atoms with Gasteiger partial charge in [0.2, 0.25) is 17.6 Å². The highest BCUT2D eigenvalue weighted by atomic mass is 16.6. The summed E-state index contributed by atoms with van der Waals surface area (Å²) >= 11 is 0. The maximum atomic E-state index is 11.5. The highest BCUT2D eigenvalue weighted by Gasteiger charge is 2.27. The molecule has 132 valence electrons. The number of hydrogen-bond donors (Lipinski definition) is 2. The Morgan fingerprint density at radius 1 is 1.20 bits per heavy atom. The molecule has 1 fully saturated rings. The summed E-state index contributed by atoms with van der Waals surface area (Å²) in [4.78, 5) is 21.5. The molecule has 0 amide bonds. The summed E-state index contributed by atoms with van der Waals surface area (Å²) in [6.07, 6.45) is 4.22. The van der Waals surface area contributed by atoms with Gasteiger partial charge in [-0.3, -0.25) is 10.1 Å². The molecule has 1 aromatic heterocycles. The van der Waals surface area contributed by atoms with Gasteiger partial charge in [0.1, 0.15) is 0 Å². The first-order valence-corrected chi connectivity index (χ1v) is 8.45. The zero-order valence-electron chi connectivity index (χ0n) is 14.2. The minimum absolute atomic E-state index is 0.116. The summed E-state index contributed by atoms with van der Waals surface area (Å²) in [5.41, 5.74) is 7.59. The van der Waals surface area contributed by atoms with Gasteiger partial charge in [-0.2, -0.15) is 9.97 Å². The van der Waals surface area contributed by atoms with Crippen molar-refractivity contribution in [2.75, 3.05) is 29.0 Å². The lowest BCUT2D eigenvalue weighted by Crippen LogP contribution is -2.26. The number of aromatic nitrogens is 2. The molecule has 25 heavy (non-hydrogen) atoms. The number of anilines is 4. The summed E-state index contributed by atoms with van der Waals surface area (Å²) in [5, 5.41) is 14.6. The number of nitrogens with one attached hydrogen (secondary N) is 1. The Morgan fingerprint density at radius 3 is 2.56 bits per heavy atom. The summed E-state index contributed by atoms with van der Waals surface area (Å²) in [5.74, 6) is 0.455. The van der Waals surface area contributed by atoms with E-state index in [1.54, 1.807) is 0 Å². The van der Waals surface area contributed by atoms with E-state index in [0.717, 1.165) is 50.0 Å². The standard InChI is InChI=1S/C17H22N6O2/c1-12-7-6-8-13(11-12)19-17-20-15(18)14(23(24)25)16(21-17)22-9-4-2-3-5-10-22/h6-8,11H,2-5,9-10H2,1H3,(H3,18,19,20,21). The highest BCUT2D eigenvalue weighted by Crippen LogP contribution is 2.33. The van der Waals surface area contributed by atoms with Crippen molar-refractivity contribution in [3.8, 4) is 0 Å². The molecule has 0 aliphatic carbocycles. The van der Waals surface area contributed by atoms with Gasteiger partial charge < -0.3 is 16.0 Å². The van der Waals surface area contributed by atoms with Crippen LogP contribution >= 0.6 is 0 Å². The van der Waals surface area contributed by atoms with Crippen molar-refractivity contribution in [2.24, 2.45) is 0 Å². The van der Waals surface area contributed by atoms with Gasteiger partial charge >= 0.3 is 5.69 Å². The van der Waals surface area contributed by atoms with E-state index >= 15 is 0 Å². The smallest absolute Gasteiger partial charge is 0.353 e. The van der Waals surface area contributed by atoms with Crippen molar-refractivity contribution in [1.82, 2.24) is 9.97 Å². The number of nitrogens with zero attached hydrogens (tertiary/aromatic N) is 4. The molecule has 3 N–H and O–H groups in total. The molecule has 0 atom stereocenters. The van der Waals surface area contributed by atoms with Gasteiger partial charge in [-0.25, -0.2) is 0 Å². The molecule has 1 aliphatic rings. The minimum atomic E-state index is -0.494. The topological polar surface area (TPSA) is 110 Å². The Labute approximate surface area is 146 Å². The highest BCUT2D eigenvalue weighted by molar-refractivity contribution is 5.72. The predicted octanol–water partition coefficient (Wildman–Crippen LogP) is 3.40. The quantitative estimate of drug-likeness (QED) is 0.647. The van der Waals surface area contributed by atoms with Crippen molar-refractivity contribution >= 4 is 29.0 Å². The molecule has 2 heterocycles. The molecule has 1 saturated heterocycles. The van der Waals surface area contributed by atoms with Crippen LogP contribution in [0.1, 0.15) is 31.2 Å². The Balaban J connectivity index is 1.98. The van der Waals surface area contributed by atoms with E-state index in [1.165, 1.54) is 0 Å². The van der Waals surface area contributed by atoms with Crippen LogP contribution in [0.15, 0.2) is 24.3 Å². The van der Waals surface area contributed by atoms with Crippen molar-refractivity contribution in [2.45, 2.75) is 32.6 Å². The van der Waals surface area contributed by atoms with Gasteiger partial charge in [-0.15, -0.1) is 0 Å². The zero-order chi connectivity index (χ0) is 17.8. The fourth-order valence-electron chi connectivity index (χ4n) is 3.05. The first kappa shape index (κ1) is 16.9. The van der Waals surface area contributed by atoms with E-state index in [4.69, 9.17) is 5.73 Å². The molecule has 2 aromatic rings. The second-order valence-corrected chi connectivity index (χ2v) is 6.26. The van der Waals surface area contributed by atoms with E-state index < -0.39 is 4.92 Å². The lowest BCUT2D eigenvalue weighted by molar-refractivity contribution is -0.383. The van der Waals surface area contributed by atoms with Crippen molar-refractivity contribution in [3.05, 3.63) is 39.9 Å². The molecule has 8 nitrogen and oxygen atoms in total. The van der Waals surface area contributed by atoms with Crippen LogP contribution in [0.4, 0.5) is 29.0 Å². The molecular weight excluding hydrogens is 320 g/mol. The van der Waals surface area contributed by atoms with E-state index in [1.807, 2.05) is 36.1 Å². The molecule has 8 heteroatoms. The third-order valence-electron chi connectivity index (χ3n) is 4.25. The molecule has 1 aliphatic heterocycles. The average Bonchev–Trinajstić information content (AvgIpc) is 2.83. The Hall–Kier alpha value is -2.90. The van der Waals surface area contributed by atoms with Crippen molar-refractivity contribution < 1.29 is 4.92 Å². The van der Waals surface area contributed by atoms with Crippen LogP contribution in [-0.4, -0.2) is 28.0 Å². The third kappa shape index (κ3) is 3.96. The van der Waals surface area contributed by atoms with Crippen LogP contribution in [-0.2, 0) is 0 Å². The number of nitrogen functional groups attached to an aromatic ring is 1. The first-order chi connectivity index (χ1) is 12.0. The summed E-state index contributed by atoms with van der Waals surface area (Å²) in [6, 6.07) is 7.74. The first-order valence-electron chi connectivity index (χ1n) is 8.45. The molecule has 0 radical (unpaired) electrons. The molecule has 1 aromatic carbocycles. The maximum Gasteiger partial charge on any atom is 0.353 e. The van der Waals surface area contributed by atoms with Crippen LogP contribution in [0.5, 0.6) is 0 Å². The van der Waals surface area contributed by atoms with Gasteiger partial charge in [-0.1, -0.05) is 25.0 Å².